The van der Waals surface area contributed by atoms with Crippen LogP contribution in [0.25, 0.3) is 0 Å². The predicted octanol–water partition coefficient (Wildman–Crippen LogP) is 4.00. The molecule has 0 radical (unpaired) electrons. The van der Waals surface area contributed by atoms with Crippen LogP contribution in [0.4, 0.5) is 5.82 Å². The van der Waals surface area contributed by atoms with Gasteiger partial charge in [0.1, 0.15) is 10.8 Å². The van der Waals surface area contributed by atoms with Crippen LogP contribution in [-0.2, 0) is 10.5 Å². The highest BCUT2D eigenvalue weighted by Gasteiger charge is 2.20. The first-order chi connectivity index (χ1) is 11.8. The minimum absolute atomic E-state index is 0.381. The summed E-state index contributed by atoms with van der Waals surface area (Å²) in [4.78, 5) is 7.19. The van der Waals surface area contributed by atoms with Crippen molar-refractivity contribution >= 4 is 17.6 Å². The second-order valence-electron chi connectivity index (χ2n) is 5.87. The van der Waals surface area contributed by atoms with E-state index in [0.29, 0.717) is 6.10 Å². The van der Waals surface area contributed by atoms with Gasteiger partial charge in [-0.25, -0.2) is 4.98 Å². The molecule has 0 saturated carbocycles. The van der Waals surface area contributed by atoms with Gasteiger partial charge < -0.3 is 14.4 Å². The van der Waals surface area contributed by atoms with E-state index in [0.717, 1.165) is 48.3 Å². The molecule has 0 spiro atoms. The number of hydrogen-bond donors (Lipinski definition) is 0. The molecule has 1 aromatic carbocycles. The van der Waals surface area contributed by atoms with Gasteiger partial charge in [0.05, 0.1) is 13.2 Å². The molecule has 128 valence electrons. The number of nitrogens with zero attached hydrogens (tertiary/aromatic N) is 2. The fourth-order valence-corrected chi connectivity index (χ4v) is 3.85. The number of pyridine rings is 1. The van der Waals surface area contributed by atoms with Gasteiger partial charge in [-0.2, -0.15) is 0 Å². The lowest BCUT2D eigenvalue weighted by molar-refractivity contribution is 0.0818. The number of piperidine rings is 1. The molecule has 1 aliphatic heterocycles. The summed E-state index contributed by atoms with van der Waals surface area (Å²) in [6.07, 6.45) is 2.49. The lowest BCUT2D eigenvalue weighted by Crippen LogP contribution is -2.37. The van der Waals surface area contributed by atoms with Crippen molar-refractivity contribution in [2.75, 3.05) is 32.2 Å². The van der Waals surface area contributed by atoms with Gasteiger partial charge >= 0.3 is 0 Å². The van der Waals surface area contributed by atoms with Crippen LogP contribution >= 0.6 is 11.8 Å². The van der Waals surface area contributed by atoms with Crippen molar-refractivity contribution in [2.45, 2.75) is 29.7 Å². The first-order valence-electron chi connectivity index (χ1n) is 8.29. The van der Waals surface area contributed by atoms with Gasteiger partial charge in [0.25, 0.3) is 0 Å². The SMILES string of the molecule is COc1ccc(N2CCC(OC)CC2)nc1SCc1ccccc1. The van der Waals surface area contributed by atoms with Crippen LogP contribution in [0, 0.1) is 0 Å². The van der Waals surface area contributed by atoms with Gasteiger partial charge in [-0.1, -0.05) is 42.1 Å². The highest BCUT2D eigenvalue weighted by Crippen LogP contribution is 2.32. The third kappa shape index (κ3) is 4.22. The molecular formula is C19H24N2O2S. The summed E-state index contributed by atoms with van der Waals surface area (Å²) in [6.45, 7) is 1.97. The van der Waals surface area contributed by atoms with Crippen molar-refractivity contribution in [1.29, 1.82) is 0 Å². The van der Waals surface area contributed by atoms with E-state index in [1.165, 1.54) is 5.56 Å². The number of methoxy groups -OCH3 is 2. The minimum atomic E-state index is 0.381. The fourth-order valence-electron chi connectivity index (χ4n) is 2.90. The second kappa shape index (κ2) is 8.40. The number of anilines is 1. The standard InChI is InChI=1S/C19H24N2O2S/c1-22-16-10-12-21(13-11-16)18-9-8-17(23-2)19(20-18)24-14-15-6-4-3-5-7-15/h3-9,16H,10-14H2,1-2H3. The maximum absolute atomic E-state index is 5.49. The Kier molecular flexibility index (Phi) is 5.99. The first-order valence-corrected chi connectivity index (χ1v) is 9.28. The van der Waals surface area contributed by atoms with Crippen LogP contribution in [0.15, 0.2) is 47.5 Å². The monoisotopic (exact) mass is 344 g/mol. The molecule has 2 heterocycles. The molecule has 24 heavy (non-hydrogen) atoms. The van der Waals surface area contributed by atoms with Crippen LogP contribution in [-0.4, -0.2) is 38.4 Å². The third-order valence-corrected chi connectivity index (χ3v) is 5.39. The molecule has 0 unspecified atom stereocenters. The zero-order valence-electron chi connectivity index (χ0n) is 14.3. The number of thioether (sulfide) groups is 1. The van der Waals surface area contributed by atoms with Gasteiger partial charge in [0.2, 0.25) is 0 Å². The summed E-state index contributed by atoms with van der Waals surface area (Å²) in [5.74, 6) is 2.76. The van der Waals surface area contributed by atoms with Crippen molar-refractivity contribution in [1.82, 2.24) is 4.98 Å². The van der Waals surface area contributed by atoms with Crippen molar-refractivity contribution in [3.05, 3.63) is 48.0 Å². The van der Waals surface area contributed by atoms with E-state index in [1.807, 2.05) is 12.1 Å². The molecule has 1 saturated heterocycles. The number of benzene rings is 1. The molecular weight excluding hydrogens is 320 g/mol. The maximum atomic E-state index is 5.49. The number of ether oxygens (including phenoxy) is 2. The van der Waals surface area contributed by atoms with Crippen LogP contribution in [0.5, 0.6) is 5.75 Å². The Morgan fingerprint density at radius 3 is 2.50 bits per heavy atom. The Labute approximate surface area is 148 Å². The van der Waals surface area contributed by atoms with E-state index in [4.69, 9.17) is 14.5 Å². The number of aromatic nitrogens is 1. The largest absolute Gasteiger partial charge is 0.494 e. The van der Waals surface area contributed by atoms with Crippen LogP contribution in [0.1, 0.15) is 18.4 Å². The average molecular weight is 344 g/mol. The second-order valence-corrected chi connectivity index (χ2v) is 6.84. The quantitative estimate of drug-likeness (QED) is 0.740. The number of hydrogen-bond acceptors (Lipinski definition) is 5. The van der Waals surface area contributed by atoms with E-state index in [-0.39, 0.29) is 0 Å². The molecule has 1 aliphatic rings. The predicted molar refractivity (Wildman–Crippen MR) is 99.0 cm³/mol. The van der Waals surface area contributed by atoms with E-state index in [1.54, 1.807) is 26.0 Å². The van der Waals surface area contributed by atoms with Crippen LogP contribution in [0.2, 0.25) is 0 Å². The number of rotatable bonds is 6. The summed E-state index contributed by atoms with van der Waals surface area (Å²) >= 11 is 1.72. The average Bonchev–Trinajstić information content (AvgIpc) is 2.67. The van der Waals surface area contributed by atoms with Gasteiger partial charge in [-0.05, 0) is 30.5 Å². The Bertz CT molecular complexity index is 643. The summed E-state index contributed by atoms with van der Waals surface area (Å²) in [5, 5.41) is 0.952. The lowest BCUT2D eigenvalue weighted by atomic mass is 10.1. The highest BCUT2D eigenvalue weighted by molar-refractivity contribution is 7.98. The molecule has 0 bridgehead atoms. The normalized spacial score (nSPS) is 15.5. The Hall–Kier alpha value is -1.72. The highest BCUT2D eigenvalue weighted by atomic mass is 32.2. The molecule has 5 heteroatoms. The summed E-state index contributed by atoms with van der Waals surface area (Å²) < 4.78 is 10.9. The summed E-state index contributed by atoms with van der Waals surface area (Å²) in [7, 11) is 3.50. The molecule has 1 aromatic heterocycles. The summed E-state index contributed by atoms with van der Waals surface area (Å²) in [5.41, 5.74) is 1.29. The Balaban J connectivity index is 1.71. The van der Waals surface area contributed by atoms with Crippen LogP contribution < -0.4 is 9.64 Å². The fraction of sp³-hybridized carbons (Fsp3) is 0.421. The molecule has 0 N–H and O–H groups in total. The van der Waals surface area contributed by atoms with E-state index < -0.39 is 0 Å². The van der Waals surface area contributed by atoms with Gasteiger partial charge in [0.15, 0.2) is 5.75 Å². The zero-order valence-corrected chi connectivity index (χ0v) is 15.1. The topological polar surface area (TPSA) is 34.6 Å². The smallest absolute Gasteiger partial charge is 0.151 e. The Morgan fingerprint density at radius 2 is 1.83 bits per heavy atom. The van der Waals surface area contributed by atoms with E-state index >= 15 is 0 Å². The molecule has 3 rings (SSSR count). The zero-order chi connectivity index (χ0) is 16.8. The van der Waals surface area contributed by atoms with Crippen LogP contribution in [0.3, 0.4) is 0 Å². The molecule has 4 nitrogen and oxygen atoms in total. The van der Waals surface area contributed by atoms with Gasteiger partial charge in [-0.15, -0.1) is 0 Å². The molecule has 0 atom stereocenters. The Morgan fingerprint density at radius 1 is 1.08 bits per heavy atom. The van der Waals surface area contributed by atoms with Gasteiger partial charge in [0, 0.05) is 26.0 Å². The third-order valence-electron chi connectivity index (χ3n) is 4.35. The first kappa shape index (κ1) is 17.1. The summed E-state index contributed by atoms with van der Waals surface area (Å²) in [6, 6.07) is 14.5. The molecule has 0 amide bonds. The van der Waals surface area contributed by atoms with Crippen molar-refractivity contribution in [3.8, 4) is 5.75 Å². The van der Waals surface area contributed by atoms with Crippen molar-refractivity contribution in [3.63, 3.8) is 0 Å². The van der Waals surface area contributed by atoms with Crippen molar-refractivity contribution < 1.29 is 9.47 Å². The molecule has 1 fully saturated rings. The lowest BCUT2D eigenvalue weighted by Gasteiger charge is -2.32. The van der Waals surface area contributed by atoms with E-state index in [2.05, 4.69) is 35.2 Å². The maximum Gasteiger partial charge on any atom is 0.151 e. The molecule has 0 aliphatic carbocycles. The van der Waals surface area contributed by atoms with Gasteiger partial charge in [-0.3, -0.25) is 0 Å². The minimum Gasteiger partial charge on any atom is -0.494 e. The van der Waals surface area contributed by atoms with Crippen molar-refractivity contribution in [2.24, 2.45) is 0 Å². The molecule has 2 aromatic rings. The van der Waals surface area contributed by atoms with E-state index in [9.17, 15) is 0 Å².